The van der Waals surface area contributed by atoms with Crippen molar-refractivity contribution in [1.29, 1.82) is 0 Å². The van der Waals surface area contributed by atoms with Crippen LogP contribution in [-0.2, 0) is 6.42 Å². The Bertz CT molecular complexity index is 555. The maximum Gasteiger partial charge on any atom is 0.162 e. The zero-order chi connectivity index (χ0) is 13.1. The predicted octanol–water partition coefficient (Wildman–Crippen LogP) is 2.91. The van der Waals surface area contributed by atoms with E-state index in [9.17, 15) is 8.78 Å². The highest BCUT2D eigenvalue weighted by Gasteiger charge is 2.13. The molecule has 0 radical (unpaired) electrons. The molecular weight excluding hydrogens is 234 g/mol. The molecule has 0 saturated heterocycles. The quantitative estimate of drug-likeness (QED) is 0.907. The van der Waals surface area contributed by atoms with Gasteiger partial charge in [0, 0.05) is 18.4 Å². The molecule has 1 unspecified atom stereocenters. The maximum absolute atomic E-state index is 13.5. The SMILES string of the molecule is Cc1cncc(C(N)Cc2cccc(F)c2F)c1. The van der Waals surface area contributed by atoms with Crippen LogP contribution in [-0.4, -0.2) is 4.98 Å². The van der Waals surface area contributed by atoms with Gasteiger partial charge in [-0.25, -0.2) is 8.78 Å². The second-order valence-corrected chi connectivity index (χ2v) is 4.32. The Morgan fingerprint density at radius 1 is 1.28 bits per heavy atom. The van der Waals surface area contributed by atoms with Crippen LogP contribution in [0.25, 0.3) is 0 Å². The molecule has 94 valence electrons. The number of aromatic nitrogens is 1. The van der Waals surface area contributed by atoms with Gasteiger partial charge in [-0.05, 0) is 36.1 Å². The first-order valence-electron chi connectivity index (χ1n) is 5.68. The number of aryl methyl sites for hydroxylation is 1. The molecule has 0 bridgehead atoms. The highest BCUT2D eigenvalue weighted by Crippen LogP contribution is 2.19. The van der Waals surface area contributed by atoms with Crippen molar-refractivity contribution in [3.05, 3.63) is 65.0 Å². The molecule has 1 aromatic heterocycles. The van der Waals surface area contributed by atoms with Gasteiger partial charge in [-0.15, -0.1) is 0 Å². The molecule has 2 rings (SSSR count). The van der Waals surface area contributed by atoms with Crippen LogP contribution in [0.3, 0.4) is 0 Å². The summed E-state index contributed by atoms with van der Waals surface area (Å²) in [6.45, 7) is 1.91. The number of nitrogens with zero attached hydrogens (tertiary/aromatic N) is 1. The van der Waals surface area contributed by atoms with Crippen LogP contribution in [0.15, 0.2) is 36.7 Å². The molecule has 18 heavy (non-hydrogen) atoms. The first-order valence-corrected chi connectivity index (χ1v) is 5.68. The van der Waals surface area contributed by atoms with Crippen molar-refractivity contribution in [1.82, 2.24) is 4.98 Å². The van der Waals surface area contributed by atoms with Crippen LogP contribution >= 0.6 is 0 Å². The molecule has 0 fully saturated rings. The Balaban J connectivity index is 2.21. The third-order valence-electron chi connectivity index (χ3n) is 2.80. The Morgan fingerprint density at radius 2 is 2.06 bits per heavy atom. The lowest BCUT2D eigenvalue weighted by atomic mass is 10.00. The normalized spacial score (nSPS) is 12.4. The van der Waals surface area contributed by atoms with Crippen molar-refractivity contribution in [3.8, 4) is 0 Å². The number of benzene rings is 1. The number of hydrogen-bond acceptors (Lipinski definition) is 2. The molecule has 2 aromatic rings. The van der Waals surface area contributed by atoms with Crippen molar-refractivity contribution in [2.75, 3.05) is 0 Å². The summed E-state index contributed by atoms with van der Waals surface area (Å²) in [5.41, 5.74) is 8.07. The summed E-state index contributed by atoms with van der Waals surface area (Å²) in [5, 5.41) is 0. The van der Waals surface area contributed by atoms with Crippen molar-refractivity contribution < 1.29 is 8.78 Å². The van der Waals surface area contributed by atoms with E-state index in [0.29, 0.717) is 0 Å². The molecular formula is C14H14F2N2. The van der Waals surface area contributed by atoms with Crippen molar-refractivity contribution >= 4 is 0 Å². The van der Waals surface area contributed by atoms with Crippen LogP contribution in [0.1, 0.15) is 22.7 Å². The van der Waals surface area contributed by atoms with E-state index < -0.39 is 17.7 Å². The summed E-state index contributed by atoms with van der Waals surface area (Å²) in [6, 6.07) is 5.62. The molecule has 1 aromatic carbocycles. The summed E-state index contributed by atoms with van der Waals surface area (Å²) in [4.78, 5) is 4.04. The molecule has 1 atom stereocenters. The first kappa shape index (κ1) is 12.6. The molecule has 0 amide bonds. The number of nitrogens with two attached hydrogens (primary N) is 1. The van der Waals surface area contributed by atoms with E-state index in [-0.39, 0.29) is 12.0 Å². The summed E-state index contributed by atoms with van der Waals surface area (Å²) in [5.74, 6) is -1.67. The van der Waals surface area contributed by atoms with Gasteiger partial charge in [-0.3, -0.25) is 4.98 Å². The lowest BCUT2D eigenvalue weighted by Gasteiger charge is -2.13. The smallest absolute Gasteiger partial charge is 0.162 e. The second-order valence-electron chi connectivity index (χ2n) is 4.32. The lowest BCUT2D eigenvalue weighted by molar-refractivity contribution is 0.494. The van der Waals surface area contributed by atoms with Crippen LogP contribution in [0.5, 0.6) is 0 Å². The molecule has 0 saturated carbocycles. The predicted molar refractivity (Wildman–Crippen MR) is 66.0 cm³/mol. The largest absolute Gasteiger partial charge is 0.324 e. The van der Waals surface area contributed by atoms with Gasteiger partial charge in [0.1, 0.15) is 0 Å². The fraction of sp³-hybridized carbons (Fsp3) is 0.214. The first-order chi connectivity index (χ1) is 8.58. The zero-order valence-electron chi connectivity index (χ0n) is 10.0. The van der Waals surface area contributed by atoms with Crippen molar-refractivity contribution in [2.45, 2.75) is 19.4 Å². The summed E-state index contributed by atoms with van der Waals surface area (Å²) < 4.78 is 26.6. The number of halogens is 2. The topological polar surface area (TPSA) is 38.9 Å². The van der Waals surface area contributed by atoms with E-state index in [1.165, 1.54) is 6.07 Å². The number of pyridine rings is 1. The van der Waals surface area contributed by atoms with Gasteiger partial charge in [0.05, 0.1) is 0 Å². The van der Waals surface area contributed by atoms with E-state index in [2.05, 4.69) is 4.98 Å². The van der Waals surface area contributed by atoms with Gasteiger partial charge in [0.15, 0.2) is 11.6 Å². The van der Waals surface area contributed by atoms with Crippen LogP contribution in [0.4, 0.5) is 8.78 Å². The van der Waals surface area contributed by atoms with E-state index in [1.807, 2.05) is 13.0 Å². The lowest BCUT2D eigenvalue weighted by Crippen LogP contribution is -2.15. The highest BCUT2D eigenvalue weighted by molar-refractivity contribution is 5.25. The van der Waals surface area contributed by atoms with Gasteiger partial charge in [0.2, 0.25) is 0 Å². The summed E-state index contributed by atoms with van der Waals surface area (Å²) in [6.07, 6.45) is 3.61. The van der Waals surface area contributed by atoms with Crippen molar-refractivity contribution in [2.24, 2.45) is 5.73 Å². The van der Waals surface area contributed by atoms with Crippen LogP contribution in [0.2, 0.25) is 0 Å². The Hall–Kier alpha value is -1.81. The average Bonchev–Trinajstić information content (AvgIpc) is 2.35. The minimum absolute atomic E-state index is 0.245. The molecule has 1 heterocycles. The minimum Gasteiger partial charge on any atom is -0.324 e. The molecule has 4 heteroatoms. The average molecular weight is 248 g/mol. The van der Waals surface area contributed by atoms with E-state index in [4.69, 9.17) is 5.73 Å². The summed E-state index contributed by atoms with van der Waals surface area (Å²) in [7, 11) is 0. The van der Waals surface area contributed by atoms with Crippen LogP contribution < -0.4 is 5.73 Å². The number of rotatable bonds is 3. The van der Waals surface area contributed by atoms with Gasteiger partial charge in [-0.2, -0.15) is 0 Å². The van der Waals surface area contributed by atoms with Gasteiger partial charge < -0.3 is 5.73 Å². The molecule has 0 aliphatic rings. The monoisotopic (exact) mass is 248 g/mol. The molecule has 2 nitrogen and oxygen atoms in total. The fourth-order valence-electron chi connectivity index (χ4n) is 1.84. The Morgan fingerprint density at radius 3 is 2.78 bits per heavy atom. The highest BCUT2D eigenvalue weighted by atomic mass is 19.2. The summed E-state index contributed by atoms with van der Waals surface area (Å²) >= 11 is 0. The molecule has 0 spiro atoms. The van der Waals surface area contributed by atoms with Gasteiger partial charge in [-0.1, -0.05) is 18.2 Å². The molecule has 0 aliphatic carbocycles. The van der Waals surface area contributed by atoms with Gasteiger partial charge in [0.25, 0.3) is 0 Å². The molecule has 0 aliphatic heterocycles. The molecule has 2 N–H and O–H groups in total. The standard InChI is InChI=1S/C14H14F2N2/c1-9-5-11(8-18-7-9)13(17)6-10-3-2-4-12(15)14(10)16/h2-5,7-8,13H,6,17H2,1H3. The fourth-order valence-corrected chi connectivity index (χ4v) is 1.84. The van der Waals surface area contributed by atoms with Crippen molar-refractivity contribution in [3.63, 3.8) is 0 Å². The maximum atomic E-state index is 13.5. The van der Waals surface area contributed by atoms with E-state index in [0.717, 1.165) is 17.2 Å². The third kappa shape index (κ3) is 2.71. The minimum atomic E-state index is -0.845. The van der Waals surface area contributed by atoms with Crippen LogP contribution in [0, 0.1) is 18.6 Å². The van der Waals surface area contributed by atoms with Gasteiger partial charge >= 0.3 is 0 Å². The van der Waals surface area contributed by atoms with E-state index >= 15 is 0 Å². The Labute approximate surface area is 104 Å². The third-order valence-corrected chi connectivity index (χ3v) is 2.80. The van der Waals surface area contributed by atoms with E-state index in [1.54, 1.807) is 18.5 Å². The Kier molecular flexibility index (Phi) is 3.67. The zero-order valence-corrected chi connectivity index (χ0v) is 10.0. The number of hydrogen-bond donors (Lipinski definition) is 1. The second kappa shape index (κ2) is 5.23.